The fourth-order valence-corrected chi connectivity index (χ4v) is 2.16. The lowest BCUT2D eigenvalue weighted by Crippen LogP contribution is -2.34. The Morgan fingerprint density at radius 2 is 2.11 bits per heavy atom. The zero-order valence-electron chi connectivity index (χ0n) is 12.6. The van der Waals surface area contributed by atoms with E-state index in [0.717, 1.165) is 25.3 Å². The smallest absolute Gasteiger partial charge is 0.122 e. The molecule has 0 radical (unpaired) electrons. The Bertz CT molecular complexity index is 403. The van der Waals surface area contributed by atoms with Gasteiger partial charge < -0.3 is 10.1 Å². The van der Waals surface area contributed by atoms with Crippen LogP contribution < -0.4 is 10.1 Å². The third-order valence-electron chi connectivity index (χ3n) is 3.36. The van der Waals surface area contributed by atoms with E-state index in [0.29, 0.717) is 6.04 Å². The molecule has 3 nitrogen and oxygen atoms in total. The summed E-state index contributed by atoms with van der Waals surface area (Å²) >= 11 is 0. The zero-order chi connectivity index (χ0) is 14.3. The van der Waals surface area contributed by atoms with E-state index in [4.69, 9.17) is 4.74 Å². The summed E-state index contributed by atoms with van der Waals surface area (Å²) in [5.41, 5.74) is 2.46. The molecular weight excluding hydrogens is 236 g/mol. The fraction of sp³-hybridized carbons (Fsp3) is 0.500. The zero-order valence-corrected chi connectivity index (χ0v) is 12.6. The van der Waals surface area contributed by atoms with E-state index < -0.39 is 0 Å². The molecule has 0 aliphatic carbocycles. The van der Waals surface area contributed by atoms with E-state index in [1.54, 1.807) is 7.11 Å². The normalized spacial score (nSPS) is 12.5. The van der Waals surface area contributed by atoms with Crippen LogP contribution in [0.25, 0.3) is 0 Å². The Kier molecular flexibility index (Phi) is 6.60. The largest absolute Gasteiger partial charge is 0.496 e. The van der Waals surface area contributed by atoms with Crippen LogP contribution >= 0.6 is 0 Å². The van der Waals surface area contributed by atoms with Gasteiger partial charge in [-0.3, -0.25) is 4.90 Å². The molecule has 0 amide bonds. The average Bonchev–Trinajstić information content (AvgIpc) is 2.39. The van der Waals surface area contributed by atoms with Gasteiger partial charge in [-0.2, -0.15) is 0 Å². The molecular formula is C16H26N2O. The van der Waals surface area contributed by atoms with Crippen LogP contribution in [0.15, 0.2) is 36.4 Å². The van der Waals surface area contributed by atoms with E-state index in [1.807, 2.05) is 19.2 Å². The van der Waals surface area contributed by atoms with Crippen molar-refractivity contribution in [1.82, 2.24) is 10.2 Å². The Morgan fingerprint density at radius 1 is 1.42 bits per heavy atom. The molecule has 0 heterocycles. The van der Waals surface area contributed by atoms with Gasteiger partial charge in [0.2, 0.25) is 0 Å². The van der Waals surface area contributed by atoms with Gasteiger partial charge in [0.05, 0.1) is 7.11 Å². The summed E-state index contributed by atoms with van der Waals surface area (Å²) in [5.74, 6) is 0.969. The molecule has 0 aromatic heterocycles. The third kappa shape index (κ3) is 5.05. The molecule has 1 atom stereocenters. The van der Waals surface area contributed by atoms with E-state index in [9.17, 15) is 0 Å². The fourth-order valence-electron chi connectivity index (χ4n) is 2.16. The first-order valence-corrected chi connectivity index (χ1v) is 6.71. The van der Waals surface area contributed by atoms with Gasteiger partial charge in [0, 0.05) is 19.1 Å². The van der Waals surface area contributed by atoms with Gasteiger partial charge in [-0.25, -0.2) is 0 Å². The quantitative estimate of drug-likeness (QED) is 0.728. The topological polar surface area (TPSA) is 24.5 Å². The Balaban J connectivity index is 2.58. The van der Waals surface area contributed by atoms with Gasteiger partial charge in [-0.15, -0.1) is 0 Å². The summed E-state index contributed by atoms with van der Waals surface area (Å²) in [6.45, 7) is 8.09. The molecule has 19 heavy (non-hydrogen) atoms. The molecule has 0 spiro atoms. The van der Waals surface area contributed by atoms with E-state index in [2.05, 4.69) is 42.9 Å². The highest BCUT2D eigenvalue weighted by Crippen LogP contribution is 2.20. The second-order valence-electron chi connectivity index (χ2n) is 5.06. The molecule has 0 aliphatic rings. The molecule has 106 valence electrons. The Morgan fingerprint density at radius 3 is 2.74 bits per heavy atom. The second-order valence-corrected chi connectivity index (χ2v) is 5.06. The predicted molar refractivity (Wildman–Crippen MR) is 81.9 cm³/mol. The Labute approximate surface area is 117 Å². The van der Waals surface area contributed by atoms with E-state index in [-0.39, 0.29) is 0 Å². The number of hydrogen-bond acceptors (Lipinski definition) is 3. The van der Waals surface area contributed by atoms with Gasteiger partial charge in [0.1, 0.15) is 5.75 Å². The minimum Gasteiger partial charge on any atom is -0.496 e. The van der Waals surface area contributed by atoms with E-state index in [1.165, 1.54) is 11.1 Å². The van der Waals surface area contributed by atoms with Crippen LogP contribution in [0.2, 0.25) is 0 Å². The Hall–Kier alpha value is -1.32. The molecule has 3 heteroatoms. The maximum absolute atomic E-state index is 5.40. The molecule has 0 aliphatic heterocycles. The molecule has 1 aromatic carbocycles. The highest BCUT2D eigenvalue weighted by atomic mass is 16.5. The van der Waals surface area contributed by atoms with Crippen molar-refractivity contribution in [2.45, 2.75) is 19.4 Å². The van der Waals surface area contributed by atoms with Gasteiger partial charge in [0.25, 0.3) is 0 Å². The number of nitrogens with one attached hydrogen (secondary N) is 1. The van der Waals surface area contributed by atoms with Gasteiger partial charge in [-0.1, -0.05) is 24.8 Å². The lowest BCUT2D eigenvalue weighted by atomic mass is 10.0. The van der Waals surface area contributed by atoms with Crippen LogP contribution in [0.1, 0.15) is 12.5 Å². The molecule has 1 unspecified atom stereocenters. The number of methoxy groups -OCH3 is 1. The molecule has 0 bridgehead atoms. The molecule has 1 N–H and O–H groups in total. The van der Waals surface area contributed by atoms with E-state index >= 15 is 0 Å². The lowest BCUT2D eigenvalue weighted by Gasteiger charge is -2.26. The monoisotopic (exact) mass is 262 g/mol. The maximum atomic E-state index is 5.40. The van der Waals surface area contributed by atoms with Gasteiger partial charge >= 0.3 is 0 Å². The number of likely N-dealkylation sites (N-methyl/N-ethyl adjacent to an activating group) is 2. The SMILES string of the molecule is C=C(CNC)CN(C)C(C)Cc1ccccc1OC. The van der Waals surface area contributed by atoms with Crippen molar-refractivity contribution in [3.8, 4) is 5.75 Å². The highest BCUT2D eigenvalue weighted by molar-refractivity contribution is 5.33. The standard InChI is InChI=1S/C16H26N2O/c1-13(11-17-3)12-18(4)14(2)10-15-8-6-7-9-16(15)19-5/h6-9,14,17H,1,10-12H2,2-5H3. The van der Waals surface area contributed by atoms with Gasteiger partial charge in [0.15, 0.2) is 0 Å². The number of rotatable bonds is 8. The first-order chi connectivity index (χ1) is 9.08. The van der Waals surface area contributed by atoms with Crippen LogP contribution in [-0.2, 0) is 6.42 Å². The molecule has 0 fully saturated rings. The second kappa shape index (κ2) is 7.97. The minimum absolute atomic E-state index is 0.449. The summed E-state index contributed by atoms with van der Waals surface area (Å²) < 4.78 is 5.40. The van der Waals surface area contributed by atoms with Crippen molar-refractivity contribution in [3.63, 3.8) is 0 Å². The molecule has 0 saturated carbocycles. The van der Waals surface area contributed by atoms with Crippen molar-refractivity contribution in [2.24, 2.45) is 0 Å². The predicted octanol–water partition coefficient (Wildman–Crippen LogP) is 2.33. The van der Waals surface area contributed by atoms with Crippen LogP contribution in [0.5, 0.6) is 5.75 Å². The maximum Gasteiger partial charge on any atom is 0.122 e. The minimum atomic E-state index is 0.449. The first kappa shape index (κ1) is 15.7. The molecule has 1 rings (SSSR count). The number of benzene rings is 1. The summed E-state index contributed by atoms with van der Waals surface area (Å²) in [6, 6.07) is 8.66. The van der Waals surface area contributed by atoms with Crippen LogP contribution in [0.4, 0.5) is 0 Å². The van der Waals surface area contributed by atoms with Crippen molar-refractivity contribution in [1.29, 1.82) is 0 Å². The number of nitrogens with zero attached hydrogens (tertiary/aromatic N) is 1. The van der Waals surface area contributed by atoms with Crippen molar-refractivity contribution >= 4 is 0 Å². The molecule has 0 saturated heterocycles. The summed E-state index contributed by atoms with van der Waals surface area (Å²) in [5, 5.41) is 3.13. The molecule has 1 aromatic rings. The van der Waals surface area contributed by atoms with Gasteiger partial charge in [-0.05, 0) is 44.6 Å². The van der Waals surface area contributed by atoms with Crippen molar-refractivity contribution in [2.75, 3.05) is 34.3 Å². The third-order valence-corrected chi connectivity index (χ3v) is 3.36. The number of ether oxygens (including phenoxy) is 1. The van der Waals surface area contributed by atoms with Crippen LogP contribution in [-0.4, -0.2) is 45.2 Å². The highest BCUT2D eigenvalue weighted by Gasteiger charge is 2.13. The van der Waals surface area contributed by atoms with Crippen LogP contribution in [0, 0.1) is 0 Å². The van der Waals surface area contributed by atoms with Crippen LogP contribution in [0.3, 0.4) is 0 Å². The lowest BCUT2D eigenvalue weighted by molar-refractivity contribution is 0.273. The van der Waals surface area contributed by atoms with Crippen molar-refractivity contribution in [3.05, 3.63) is 42.0 Å². The number of para-hydroxylation sites is 1. The summed E-state index contributed by atoms with van der Waals surface area (Å²) in [4.78, 5) is 2.33. The number of hydrogen-bond donors (Lipinski definition) is 1. The summed E-state index contributed by atoms with van der Waals surface area (Å²) in [6.07, 6.45) is 0.980. The van der Waals surface area contributed by atoms with Crippen molar-refractivity contribution < 1.29 is 4.74 Å². The summed E-state index contributed by atoms with van der Waals surface area (Å²) in [7, 11) is 5.81. The first-order valence-electron chi connectivity index (χ1n) is 6.71. The average molecular weight is 262 g/mol.